The van der Waals surface area contributed by atoms with E-state index >= 15 is 0 Å². The second-order valence-corrected chi connectivity index (χ2v) is 3.47. The normalized spacial score (nSPS) is 12.1. The summed E-state index contributed by atoms with van der Waals surface area (Å²) in [6.07, 6.45) is 0.144. The lowest BCUT2D eigenvalue weighted by molar-refractivity contribution is -0.317. The van der Waals surface area contributed by atoms with Crippen LogP contribution in [-0.2, 0) is 20.9 Å². The molecule has 4 heteroatoms. The van der Waals surface area contributed by atoms with Gasteiger partial charge in [0.05, 0.1) is 0 Å². The van der Waals surface area contributed by atoms with Crippen LogP contribution in [0.2, 0.25) is 0 Å². The molecule has 1 unspecified atom stereocenters. The molecule has 1 rings (SSSR count). The zero-order valence-corrected chi connectivity index (χ0v) is 9.62. The van der Waals surface area contributed by atoms with Gasteiger partial charge in [-0.15, -0.1) is 0 Å². The standard InChI is InChI=1S/C11H14O3S/c1-9(12-2)13-14-11(15)8-10-6-4-3-5-7-10/h3-7,9H,8H2,1-2H3. The van der Waals surface area contributed by atoms with Crippen LogP contribution in [-0.4, -0.2) is 18.5 Å². The van der Waals surface area contributed by atoms with E-state index in [9.17, 15) is 0 Å². The van der Waals surface area contributed by atoms with Gasteiger partial charge in [-0.3, -0.25) is 0 Å². The van der Waals surface area contributed by atoms with Crippen molar-refractivity contribution in [3.8, 4) is 0 Å². The van der Waals surface area contributed by atoms with E-state index in [1.807, 2.05) is 30.3 Å². The Balaban J connectivity index is 2.31. The average molecular weight is 226 g/mol. The number of rotatable bonds is 5. The molecule has 0 aromatic heterocycles. The van der Waals surface area contributed by atoms with Gasteiger partial charge in [0, 0.05) is 13.5 Å². The Bertz CT molecular complexity index is 300. The Kier molecular flexibility index (Phi) is 5.25. The first-order valence-corrected chi connectivity index (χ1v) is 5.06. The first kappa shape index (κ1) is 12.1. The maximum absolute atomic E-state index is 5.00. The summed E-state index contributed by atoms with van der Waals surface area (Å²) in [5.41, 5.74) is 1.09. The van der Waals surface area contributed by atoms with E-state index in [1.165, 1.54) is 7.11 Å². The van der Waals surface area contributed by atoms with Crippen LogP contribution < -0.4 is 0 Å². The Morgan fingerprint density at radius 3 is 2.60 bits per heavy atom. The van der Waals surface area contributed by atoms with Gasteiger partial charge in [0.2, 0.25) is 5.05 Å². The van der Waals surface area contributed by atoms with Crippen molar-refractivity contribution in [3.05, 3.63) is 35.9 Å². The van der Waals surface area contributed by atoms with Crippen LogP contribution in [0.25, 0.3) is 0 Å². The number of hydrogen-bond acceptors (Lipinski definition) is 4. The maximum atomic E-state index is 5.00. The fraction of sp³-hybridized carbons (Fsp3) is 0.364. The molecular formula is C11H14O3S. The van der Waals surface area contributed by atoms with Gasteiger partial charge in [-0.2, -0.15) is 4.89 Å². The van der Waals surface area contributed by atoms with E-state index in [0.29, 0.717) is 11.5 Å². The SMILES string of the molecule is COC(C)OOC(=S)Cc1ccccc1. The summed E-state index contributed by atoms with van der Waals surface area (Å²) in [5.74, 6) is 0. The fourth-order valence-electron chi connectivity index (χ4n) is 0.953. The second-order valence-electron chi connectivity index (χ2n) is 3.02. The summed E-state index contributed by atoms with van der Waals surface area (Å²) in [4.78, 5) is 9.77. The fourth-order valence-corrected chi connectivity index (χ4v) is 1.16. The molecule has 0 fully saturated rings. The molecule has 0 spiro atoms. The molecule has 0 aliphatic carbocycles. The Hall–Kier alpha value is -0.970. The van der Waals surface area contributed by atoms with Crippen molar-refractivity contribution >= 4 is 17.3 Å². The molecule has 0 bridgehead atoms. The summed E-state index contributed by atoms with van der Waals surface area (Å²) in [7, 11) is 1.54. The van der Waals surface area contributed by atoms with E-state index in [4.69, 9.17) is 26.7 Å². The Morgan fingerprint density at radius 2 is 2.00 bits per heavy atom. The van der Waals surface area contributed by atoms with E-state index in [-0.39, 0.29) is 0 Å². The van der Waals surface area contributed by atoms with Crippen molar-refractivity contribution in [1.82, 2.24) is 0 Å². The summed E-state index contributed by atoms with van der Waals surface area (Å²) in [6, 6.07) is 9.83. The van der Waals surface area contributed by atoms with Gasteiger partial charge in [0.15, 0.2) is 6.29 Å². The first-order chi connectivity index (χ1) is 7.22. The zero-order chi connectivity index (χ0) is 11.1. The van der Waals surface area contributed by atoms with Gasteiger partial charge in [-0.05, 0) is 24.7 Å². The van der Waals surface area contributed by atoms with Crippen molar-refractivity contribution in [2.75, 3.05) is 7.11 Å². The van der Waals surface area contributed by atoms with Gasteiger partial charge in [-0.25, -0.2) is 0 Å². The van der Waals surface area contributed by atoms with Gasteiger partial charge in [-0.1, -0.05) is 30.3 Å². The van der Waals surface area contributed by atoms with E-state index < -0.39 is 6.29 Å². The highest BCUT2D eigenvalue weighted by molar-refractivity contribution is 7.80. The molecule has 0 saturated carbocycles. The van der Waals surface area contributed by atoms with Crippen LogP contribution in [0.3, 0.4) is 0 Å². The van der Waals surface area contributed by atoms with Crippen molar-refractivity contribution in [1.29, 1.82) is 0 Å². The van der Waals surface area contributed by atoms with Gasteiger partial charge < -0.3 is 9.62 Å². The molecule has 0 heterocycles. The van der Waals surface area contributed by atoms with Crippen molar-refractivity contribution in [2.24, 2.45) is 0 Å². The highest BCUT2D eigenvalue weighted by Crippen LogP contribution is 2.03. The number of benzene rings is 1. The van der Waals surface area contributed by atoms with Crippen LogP contribution in [0, 0.1) is 0 Å². The molecule has 1 aromatic rings. The maximum Gasteiger partial charge on any atom is 0.209 e. The van der Waals surface area contributed by atoms with E-state index in [1.54, 1.807) is 6.92 Å². The van der Waals surface area contributed by atoms with Gasteiger partial charge in [0.1, 0.15) is 0 Å². The highest BCUT2D eigenvalue weighted by Gasteiger charge is 2.04. The molecule has 0 radical (unpaired) electrons. The molecule has 82 valence electrons. The molecule has 0 saturated heterocycles. The monoisotopic (exact) mass is 226 g/mol. The molecule has 1 atom stereocenters. The molecule has 0 aliphatic heterocycles. The molecule has 15 heavy (non-hydrogen) atoms. The first-order valence-electron chi connectivity index (χ1n) is 4.65. The van der Waals surface area contributed by atoms with Crippen molar-refractivity contribution < 1.29 is 14.5 Å². The Labute approximate surface area is 94.9 Å². The lowest BCUT2D eigenvalue weighted by Crippen LogP contribution is -2.15. The van der Waals surface area contributed by atoms with E-state index in [2.05, 4.69) is 0 Å². The topological polar surface area (TPSA) is 27.7 Å². The zero-order valence-electron chi connectivity index (χ0n) is 8.80. The second kappa shape index (κ2) is 6.50. The summed E-state index contributed by atoms with van der Waals surface area (Å²) in [6.45, 7) is 1.73. The van der Waals surface area contributed by atoms with Crippen LogP contribution in [0.5, 0.6) is 0 Å². The molecule has 0 amide bonds. The third kappa shape index (κ3) is 4.88. The van der Waals surface area contributed by atoms with Crippen LogP contribution in [0.4, 0.5) is 0 Å². The van der Waals surface area contributed by atoms with Crippen molar-refractivity contribution in [3.63, 3.8) is 0 Å². The quantitative estimate of drug-likeness (QED) is 0.334. The van der Waals surface area contributed by atoms with Crippen molar-refractivity contribution in [2.45, 2.75) is 19.6 Å². The minimum Gasteiger partial charge on any atom is -0.352 e. The third-order valence-electron chi connectivity index (χ3n) is 1.80. The predicted molar refractivity (Wildman–Crippen MR) is 61.4 cm³/mol. The predicted octanol–water partition coefficient (Wildman–Crippen LogP) is 2.50. The van der Waals surface area contributed by atoms with Gasteiger partial charge in [0.25, 0.3) is 0 Å². The molecular weight excluding hydrogens is 212 g/mol. The largest absolute Gasteiger partial charge is 0.352 e. The highest BCUT2D eigenvalue weighted by atomic mass is 32.1. The minimum atomic E-state index is -0.418. The van der Waals surface area contributed by atoms with Crippen LogP contribution in [0.15, 0.2) is 30.3 Å². The lowest BCUT2D eigenvalue weighted by Gasteiger charge is -2.10. The lowest BCUT2D eigenvalue weighted by atomic mass is 10.2. The van der Waals surface area contributed by atoms with Gasteiger partial charge >= 0.3 is 0 Å². The Morgan fingerprint density at radius 1 is 1.33 bits per heavy atom. The molecule has 1 aromatic carbocycles. The molecule has 0 N–H and O–H groups in total. The summed E-state index contributed by atoms with van der Waals surface area (Å²) >= 11 is 5.00. The number of thiocarbonyl (C=S) groups is 1. The average Bonchev–Trinajstić information content (AvgIpc) is 2.27. The smallest absolute Gasteiger partial charge is 0.209 e. The van der Waals surface area contributed by atoms with Crippen LogP contribution in [0.1, 0.15) is 12.5 Å². The molecule has 0 aliphatic rings. The summed E-state index contributed by atoms with van der Waals surface area (Å²) < 4.78 is 4.84. The summed E-state index contributed by atoms with van der Waals surface area (Å²) in [5, 5.41) is 0.394. The minimum absolute atomic E-state index is 0.394. The number of methoxy groups -OCH3 is 1. The number of hydrogen-bond donors (Lipinski definition) is 0. The van der Waals surface area contributed by atoms with E-state index in [0.717, 1.165) is 5.56 Å². The van der Waals surface area contributed by atoms with Crippen LogP contribution >= 0.6 is 12.2 Å². The number of ether oxygens (including phenoxy) is 1. The molecule has 3 nitrogen and oxygen atoms in total. The third-order valence-corrected chi connectivity index (χ3v) is 2.01.